The summed E-state index contributed by atoms with van der Waals surface area (Å²) >= 11 is 3.38. The van der Waals surface area contributed by atoms with Crippen molar-refractivity contribution in [2.45, 2.75) is 20.1 Å². The fourth-order valence-corrected chi connectivity index (χ4v) is 1.79. The fraction of sp³-hybridized carbons (Fsp3) is 0.231. The maximum atomic E-state index is 5.66. The summed E-state index contributed by atoms with van der Waals surface area (Å²) in [7, 11) is 0. The summed E-state index contributed by atoms with van der Waals surface area (Å²) in [6.07, 6.45) is 0. The molecule has 0 saturated carbocycles. The number of halogens is 1. The normalized spacial score (nSPS) is 10.5. The third-order valence-corrected chi connectivity index (χ3v) is 3.01. The SMILES string of the molecule is Cc1oc(CN)cc1COc1ccc(Br)cc1. The minimum atomic E-state index is 0.416. The molecule has 0 fully saturated rings. The highest BCUT2D eigenvalue weighted by Gasteiger charge is 2.06. The first-order valence-corrected chi connectivity index (χ1v) is 6.15. The number of hydrogen-bond donors (Lipinski definition) is 1. The first-order valence-electron chi connectivity index (χ1n) is 5.35. The number of furan rings is 1. The Bertz CT molecular complexity index is 491. The van der Waals surface area contributed by atoms with Crippen LogP contribution in [0.5, 0.6) is 5.75 Å². The molecule has 0 bridgehead atoms. The predicted molar refractivity (Wildman–Crippen MR) is 69.8 cm³/mol. The Balaban J connectivity index is 2.01. The van der Waals surface area contributed by atoms with Gasteiger partial charge in [-0.25, -0.2) is 0 Å². The number of rotatable bonds is 4. The molecule has 0 radical (unpaired) electrons. The molecule has 0 saturated heterocycles. The molecule has 0 atom stereocenters. The topological polar surface area (TPSA) is 48.4 Å². The van der Waals surface area contributed by atoms with E-state index in [-0.39, 0.29) is 0 Å². The van der Waals surface area contributed by atoms with Crippen LogP contribution in [0, 0.1) is 6.92 Å². The van der Waals surface area contributed by atoms with Crippen LogP contribution in [0.2, 0.25) is 0 Å². The molecule has 2 aromatic rings. The van der Waals surface area contributed by atoms with Gasteiger partial charge in [-0.1, -0.05) is 15.9 Å². The van der Waals surface area contributed by atoms with Crippen LogP contribution in [-0.4, -0.2) is 0 Å². The Morgan fingerprint density at radius 1 is 1.29 bits per heavy atom. The number of hydrogen-bond acceptors (Lipinski definition) is 3. The molecule has 17 heavy (non-hydrogen) atoms. The maximum absolute atomic E-state index is 5.66. The molecule has 0 amide bonds. The molecule has 0 aliphatic carbocycles. The molecule has 4 heteroatoms. The second-order valence-electron chi connectivity index (χ2n) is 3.74. The zero-order chi connectivity index (χ0) is 12.3. The highest BCUT2D eigenvalue weighted by molar-refractivity contribution is 9.10. The van der Waals surface area contributed by atoms with E-state index in [9.17, 15) is 0 Å². The third kappa shape index (κ3) is 3.11. The van der Waals surface area contributed by atoms with Crippen LogP contribution in [0.25, 0.3) is 0 Å². The van der Waals surface area contributed by atoms with E-state index in [2.05, 4.69) is 15.9 Å². The van der Waals surface area contributed by atoms with Gasteiger partial charge in [0.25, 0.3) is 0 Å². The minimum absolute atomic E-state index is 0.416. The Hall–Kier alpha value is -1.26. The van der Waals surface area contributed by atoms with Crippen molar-refractivity contribution in [2.24, 2.45) is 5.73 Å². The molecule has 0 aliphatic heterocycles. The number of nitrogens with two attached hydrogens (primary N) is 1. The Kier molecular flexibility index (Phi) is 3.86. The van der Waals surface area contributed by atoms with Gasteiger partial charge < -0.3 is 14.9 Å². The zero-order valence-corrected chi connectivity index (χ0v) is 11.2. The lowest BCUT2D eigenvalue weighted by Crippen LogP contribution is -1.95. The summed E-state index contributed by atoms with van der Waals surface area (Å²) in [4.78, 5) is 0. The summed E-state index contributed by atoms with van der Waals surface area (Å²) < 4.78 is 12.2. The highest BCUT2D eigenvalue weighted by Crippen LogP contribution is 2.19. The zero-order valence-electron chi connectivity index (χ0n) is 9.57. The van der Waals surface area contributed by atoms with E-state index in [4.69, 9.17) is 14.9 Å². The van der Waals surface area contributed by atoms with Gasteiger partial charge in [-0.05, 0) is 37.3 Å². The van der Waals surface area contributed by atoms with Gasteiger partial charge in [-0.3, -0.25) is 0 Å². The van der Waals surface area contributed by atoms with E-state index < -0.39 is 0 Å². The molecule has 0 unspecified atom stereocenters. The molecule has 3 nitrogen and oxygen atoms in total. The molecule has 0 spiro atoms. The number of benzene rings is 1. The first-order chi connectivity index (χ1) is 8.19. The van der Waals surface area contributed by atoms with Crippen LogP contribution in [0.15, 0.2) is 39.2 Å². The van der Waals surface area contributed by atoms with Gasteiger partial charge in [-0.15, -0.1) is 0 Å². The monoisotopic (exact) mass is 295 g/mol. The van der Waals surface area contributed by atoms with Crippen molar-refractivity contribution >= 4 is 15.9 Å². The lowest BCUT2D eigenvalue weighted by atomic mass is 10.2. The lowest BCUT2D eigenvalue weighted by Gasteiger charge is -2.04. The van der Waals surface area contributed by atoms with E-state index in [1.807, 2.05) is 37.3 Å². The van der Waals surface area contributed by atoms with Crippen LogP contribution in [0.4, 0.5) is 0 Å². The summed E-state index contributed by atoms with van der Waals surface area (Å²) in [5.41, 5.74) is 6.55. The van der Waals surface area contributed by atoms with Gasteiger partial charge in [0.05, 0.1) is 6.54 Å². The van der Waals surface area contributed by atoms with Crippen LogP contribution in [0.1, 0.15) is 17.1 Å². The second-order valence-corrected chi connectivity index (χ2v) is 4.66. The number of ether oxygens (including phenoxy) is 1. The molecule has 1 aromatic heterocycles. The Labute approximate surface area is 109 Å². The van der Waals surface area contributed by atoms with Crippen molar-refractivity contribution in [1.82, 2.24) is 0 Å². The minimum Gasteiger partial charge on any atom is -0.489 e. The summed E-state index contributed by atoms with van der Waals surface area (Å²) in [5, 5.41) is 0. The van der Waals surface area contributed by atoms with Crippen molar-refractivity contribution < 1.29 is 9.15 Å². The van der Waals surface area contributed by atoms with Crippen LogP contribution >= 0.6 is 15.9 Å². The van der Waals surface area contributed by atoms with Crippen LogP contribution < -0.4 is 10.5 Å². The van der Waals surface area contributed by atoms with E-state index in [0.29, 0.717) is 13.2 Å². The average Bonchev–Trinajstić information content (AvgIpc) is 2.69. The average molecular weight is 296 g/mol. The molecular weight excluding hydrogens is 282 g/mol. The van der Waals surface area contributed by atoms with E-state index in [1.54, 1.807) is 0 Å². The van der Waals surface area contributed by atoms with E-state index in [1.165, 1.54) is 0 Å². The highest BCUT2D eigenvalue weighted by atomic mass is 79.9. The lowest BCUT2D eigenvalue weighted by molar-refractivity contribution is 0.303. The summed E-state index contributed by atoms with van der Waals surface area (Å²) in [6.45, 7) is 2.83. The van der Waals surface area contributed by atoms with E-state index >= 15 is 0 Å². The molecular formula is C13H14BrNO2. The standard InChI is InChI=1S/C13H14BrNO2/c1-9-10(6-13(7-15)17-9)8-16-12-4-2-11(14)3-5-12/h2-6H,7-8,15H2,1H3. The smallest absolute Gasteiger partial charge is 0.119 e. The third-order valence-electron chi connectivity index (χ3n) is 2.48. The summed E-state index contributed by atoms with van der Waals surface area (Å²) in [6, 6.07) is 9.67. The predicted octanol–water partition coefficient (Wildman–Crippen LogP) is 3.39. The van der Waals surface area contributed by atoms with Crippen molar-refractivity contribution in [3.63, 3.8) is 0 Å². The molecule has 0 aliphatic rings. The Morgan fingerprint density at radius 2 is 2.00 bits per heavy atom. The number of aryl methyl sites for hydroxylation is 1. The van der Waals surface area contributed by atoms with Gasteiger partial charge in [-0.2, -0.15) is 0 Å². The molecule has 90 valence electrons. The Morgan fingerprint density at radius 3 is 2.59 bits per heavy atom. The quantitative estimate of drug-likeness (QED) is 0.940. The molecule has 1 aromatic carbocycles. The van der Waals surface area contributed by atoms with Gasteiger partial charge in [0, 0.05) is 10.0 Å². The molecule has 1 heterocycles. The molecule has 2 rings (SSSR count). The van der Waals surface area contributed by atoms with Gasteiger partial charge in [0.15, 0.2) is 0 Å². The van der Waals surface area contributed by atoms with Gasteiger partial charge in [0.1, 0.15) is 23.9 Å². The van der Waals surface area contributed by atoms with Crippen molar-refractivity contribution in [3.05, 3.63) is 51.9 Å². The first kappa shape index (κ1) is 12.2. The summed E-state index contributed by atoms with van der Waals surface area (Å²) in [5.74, 6) is 2.49. The maximum Gasteiger partial charge on any atom is 0.119 e. The van der Waals surface area contributed by atoms with Gasteiger partial charge >= 0.3 is 0 Å². The van der Waals surface area contributed by atoms with Crippen LogP contribution in [0.3, 0.4) is 0 Å². The van der Waals surface area contributed by atoms with Crippen molar-refractivity contribution in [2.75, 3.05) is 0 Å². The molecule has 2 N–H and O–H groups in total. The fourth-order valence-electron chi connectivity index (χ4n) is 1.52. The largest absolute Gasteiger partial charge is 0.489 e. The van der Waals surface area contributed by atoms with Gasteiger partial charge in [0.2, 0.25) is 0 Å². The van der Waals surface area contributed by atoms with Crippen molar-refractivity contribution in [3.8, 4) is 5.75 Å². The van der Waals surface area contributed by atoms with Crippen LogP contribution in [-0.2, 0) is 13.2 Å². The van der Waals surface area contributed by atoms with Crippen molar-refractivity contribution in [1.29, 1.82) is 0 Å². The second kappa shape index (κ2) is 5.38. The van der Waals surface area contributed by atoms with E-state index in [0.717, 1.165) is 27.3 Å².